The van der Waals surface area contributed by atoms with Crippen LogP contribution in [0.4, 0.5) is 0 Å². The molecule has 0 saturated carbocycles. The van der Waals surface area contributed by atoms with Crippen LogP contribution >= 0.6 is 0 Å². The number of nitrogens with one attached hydrogen (secondary N) is 1. The van der Waals surface area contributed by atoms with Crippen molar-refractivity contribution in [2.75, 3.05) is 6.54 Å². The first-order chi connectivity index (χ1) is 9.16. The first-order valence-electron chi connectivity index (χ1n) is 7.53. The Balaban J connectivity index is 2.09. The van der Waals surface area contributed by atoms with Crippen molar-refractivity contribution in [3.05, 3.63) is 35.4 Å². The first kappa shape index (κ1) is 14.3. The Kier molecular flexibility index (Phi) is 5.15. The Bertz CT molecular complexity index is 417. The molecule has 0 aromatic heterocycles. The smallest absolute Gasteiger partial charge is 0.179 e. The maximum atomic E-state index is 12.5. The minimum Gasteiger partial charge on any atom is -0.307 e. The van der Waals surface area contributed by atoms with E-state index in [1.165, 1.54) is 18.4 Å². The molecular weight excluding hydrogens is 234 g/mol. The van der Waals surface area contributed by atoms with E-state index in [0.717, 1.165) is 31.4 Å². The molecule has 1 heterocycles. The van der Waals surface area contributed by atoms with Crippen LogP contribution < -0.4 is 5.32 Å². The van der Waals surface area contributed by atoms with Gasteiger partial charge >= 0.3 is 0 Å². The lowest BCUT2D eigenvalue weighted by Crippen LogP contribution is -2.36. The zero-order valence-corrected chi connectivity index (χ0v) is 12.1. The second-order valence-electron chi connectivity index (χ2n) is 6.02. The monoisotopic (exact) mass is 259 g/mol. The molecule has 1 aromatic carbocycles. The largest absolute Gasteiger partial charge is 0.307 e. The molecule has 1 aliphatic rings. The minimum absolute atomic E-state index is 0.0248. The van der Waals surface area contributed by atoms with Crippen LogP contribution in [0, 0.1) is 5.92 Å². The summed E-state index contributed by atoms with van der Waals surface area (Å²) in [5.41, 5.74) is 2.15. The van der Waals surface area contributed by atoms with Crippen molar-refractivity contribution >= 4 is 5.78 Å². The van der Waals surface area contributed by atoms with Crippen molar-refractivity contribution in [2.24, 2.45) is 5.92 Å². The molecule has 1 saturated heterocycles. The average molecular weight is 259 g/mol. The molecule has 19 heavy (non-hydrogen) atoms. The Morgan fingerprint density at radius 3 is 2.95 bits per heavy atom. The molecule has 0 bridgehead atoms. The summed E-state index contributed by atoms with van der Waals surface area (Å²) >= 11 is 0. The van der Waals surface area contributed by atoms with Gasteiger partial charge in [-0.3, -0.25) is 4.79 Å². The highest BCUT2D eigenvalue weighted by molar-refractivity contribution is 6.00. The molecule has 2 nitrogen and oxygen atoms in total. The summed E-state index contributed by atoms with van der Waals surface area (Å²) in [6.07, 6.45) is 5.61. The summed E-state index contributed by atoms with van der Waals surface area (Å²) in [5, 5.41) is 3.39. The van der Waals surface area contributed by atoms with E-state index in [9.17, 15) is 4.79 Å². The lowest BCUT2D eigenvalue weighted by Gasteiger charge is -2.15. The van der Waals surface area contributed by atoms with Crippen LogP contribution in [0.15, 0.2) is 24.3 Å². The van der Waals surface area contributed by atoms with Crippen LogP contribution in [0.2, 0.25) is 0 Å². The number of hydrogen-bond acceptors (Lipinski definition) is 2. The molecule has 0 aliphatic carbocycles. The van der Waals surface area contributed by atoms with E-state index in [1.54, 1.807) is 0 Å². The molecule has 1 aliphatic heterocycles. The number of benzene rings is 1. The third-order valence-corrected chi connectivity index (χ3v) is 3.73. The minimum atomic E-state index is 0.0248. The Morgan fingerprint density at radius 1 is 1.32 bits per heavy atom. The molecular formula is C17H25NO. The number of carbonyl (C=O) groups is 1. The van der Waals surface area contributed by atoms with Crippen LogP contribution in [0.5, 0.6) is 0 Å². The van der Waals surface area contributed by atoms with Crippen LogP contribution in [-0.4, -0.2) is 18.4 Å². The van der Waals surface area contributed by atoms with Crippen molar-refractivity contribution in [1.82, 2.24) is 5.32 Å². The maximum Gasteiger partial charge on any atom is 0.179 e. The Labute approximate surface area is 116 Å². The number of ketones is 1. The van der Waals surface area contributed by atoms with Crippen LogP contribution in [0.1, 0.15) is 55.5 Å². The fraction of sp³-hybridized carbons (Fsp3) is 0.588. The van der Waals surface area contributed by atoms with Crippen LogP contribution in [0.25, 0.3) is 0 Å². The maximum absolute atomic E-state index is 12.5. The van der Waals surface area contributed by atoms with Gasteiger partial charge in [0, 0.05) is 5.56 Å². The van der Waals surface area contributed by atoms with Gasteiger partial charge < -0.3 is 5.32 Å². The van der Waals surface area contributed by atoms with E-state index < -0.39 is 0 Å². The Morgan fingerprint density at radius 2 is 2.16 bits per heavy atom. The molecule has 1 unspecified atom stereocenters. The molecule has 1 fully saturated rings. The summed E-state index contributed by atoms with van der Waals surface area (Å²) in [7, 11) is 0. The van der Waals surface area contributed by atoms with Gasteiger partial charge in [0.25, 0.3) is 0 Å². The van der Waals surface area contributed by atoms with Gasteiger partial charge in [-0.25, -0.2) is 0 Å². The molecule has 0 amide bonds. The summed E-state index contributed by atoms with van der Waals surface area (Å²) in [6.45, 7) is 5.39. The highest BCUT2D eigenvalue weighted by Crippen LogP contribution is 2.16. The number of Topliss-reactive ketones (excluding diaryl/α,β-unsaturated/α-hetero) is 1. The fourth-order valence-corrected chi connectivity index (χ4v) is 2.78. The first-order valence-corrected chi connectivity index (χ1v) is 7.53. The number of carbonyl (C=O) groups excluding carboxylic acids is 1. The van der Waals surface area contributed by atoms with E-state index in [4.69, 9.17) is 0 Å². The van der Waals surface area contributed by atoms with Crippen molar-refractivity contribution < 1.29 is 4.79 Å². The molecule has 0 radical (unpaired) electrons. The van der Waals surface area contributed by atoms with Crippen LogP contribution in [-0.2, 0) is 6.42 Å². The van der Waals surface area contributed by atoms with Crippen molar-refractivity contribution in [2.45, 2.75) is 52.0 Å². The molecule has 1 N–H and O–H groups in total. The zero-order chi connectivity index (χ0) is 13.7. The molecule has 104 valence electrons. The normalized spacial score (nSPS) is 20.3. The number of rotatable bonds is 4. The van der Waals surface area contributed by atoms with Crippen molar-refractivity contribution in [3.63, 3.8) is 0 Å². The van der Waals surface area contributed by atoms with E-state index >= 15 is 0 Å². The summed E-state index contributed by atoms with van der Waals surface area (Å²) in [4.78, 5) is 12.5. The predicted octanol–water partition coefficient (Wildman–Crippen LogP) is 3.60. The van der Waals surface area contributed by atoms with Gasteiger partial charge in [0.15, 0.2) is 5.78 Å². The van der Waals surface area contributed by atoms with E-state index in [1.807, 2.05) is 12.1 Å². The van der Waals surface area contributed by atoms with Gasteiger partial charge in [-0.15, -0.1) is 0 Å². The predicted molar refractivity (Wildman–Crippen MR) is 79.6 cm³/mol. The SMILES string of the molecule is CC(C)Cc1cccc(C(=O)C2CCCCCN2)c1. The van der Waals surface area contributed by atoms with Gasteiger partial charge in [0.2, 0.25) is 0 Å². The van der Waals surface area contributed by atoms with E-state index in [0.29, 0.717) is 5.92 Å². The lowest BCUT2D eigenvalue weighted by molar-refractivity contribution is 0.0940. The van der Waals surface area contributed by atoms with Gasteiger partial charge in [0.05, 0.1) is 6.04 Å². The average Bonchev–Trinajstić information content (AvgIpc) is 2.66. The highest BCUT2D eigenvalue weighted by Gasteiger charge is 2.20. The molecule has 1 atom stereocenters. The van der Waals surface area contributed by atoms with Gasteiger partial charge in [-0.2, -0.15) is 0 Å². The quantitative estimate of drug-likeness (QED) is 0.837. The second-order valence-corrected chi connectivity index (χ2v) is 6.02. The third-order valence-electron chi connectivity index (χ3n) is 3.73. The Hall–Kier alpha value is -1.15. The topological polar surface area (TPSA) is 29.1 Å². The van der Waals surface area contributed by atoms with Gasteiger partial charge in [0.1, 0.15) is 0 Å². The fourth-order valence-electron chi connectivity index (χ4n) is 2.78. The van der Waals surface area contributed by atoms with E-state index in [-0.39, 0.29) is 11.8 Å². The van der Waals surface area contributed by atoms with Gasteiger partial charge in [-0.1, -0.05) is 44.9 Å². The van der Waals surface area contributed by atoms with Crippen LogP contribution in [0.3, 0.4) is 0 Å². The van der Waals surface area contributed by atoms with Crippen molar-refractivity contribution in [3.8, 4) is 0 Å². The standard InChI is InChI=1S/C17H25NO/c1-13(2)11-14-7-6-8-15(12-14)17(19)16-9-4-3-5-10-18-16/h6-8,12-13,16,18H,3-5,9-11H2,1-2H3. The molecule has 0 spiro atoms. The van der Waals surface area contributed by atoms with E-state index in [2.05, 4.69) is 31.3 Å². The zero-order valence-electron chi connectivity index (χ0n) is 12.1. The summed E-state index contributed by atoms with van der Waals surface area (Å²) in [6, 6.07) is 8.20. The lowest BCUT2D eigenvalue weighted by atomic mass is 9.96. The van der Waals surface area contributed by atoms with Gasteiger partial charge in [-0.05, 0) is 43.4 Å². The second kappa shape index (κ2) is 6.85. The summed E-state index contributed by atoms with van der Waals surface area (Å²) < 4.78 is 0. The molecule has 2 heteroatoms. The summed E-state index contributed by atoms with van der Waals surface area (Å²) in [5.74, 6) is 0.897. The number of hydrogen-bond donors (Lipinski definition) is 1. The third kappa shape index (κ3) is 4.17. The molecule has 2 rings (SSSR count). The van der Waals surface area contributed by atoms with Crippen molar-refractivity contribution in [1.29, 1.82) is 0 Å². The highest BCUT2D eigenvalue weighted by atomic mass is 16.1. The molecule has 1 aromatic rings.